The highest BCUT2D eigenvalue weighted by atomic mass is 16.5. The number of rotatable bonds is 5. The number of nitrogen functional groups attached to an aromatic ring is 1. The van der Waals surface area contributed by atoms with Crippen LogP contribution in [0.1, 0.15) is 23.2 Å². The lowest BCUT2D eigenvalue weighted by Gasteiger charge is -2.32. The number of aromatic nitrogens is 2. The van der Waals surface area contributed by atoms with Crippen molar-refractivity contribution in [3.05, 3.63) is 72.6 Å². The van der Waals surface area contributed by atoms with Crippen molar-refractivity contribution in [2.24, 2.45) is 5.92 Å². The van der Waals surface area contributed by atoms with Gasteiger partial charge < -0.3 is 15.4 Å². The van der Waals surface area contributed by atoms with Gasteiger partial charge in [-0.2, -0.15) is 0 Å². The summed E-state index contributed by atoms with van der Waals surface area (Å²) < 4.78 is 5.80. The van der Waals surface area contributed by atoms with Gasteiger partial charge >= 0.3 is 0 Å². The van der Waals surface area contributed by atoms with E-state index in [1.165, 1.54) is 6.33 Å². The predicted molar refractivity (Wildman–Crippen MR) is 109 cm³/mol. The number of benzene rings is 2. The second kappa shape index (κ2) is 8.08. The van der Waals surface area contributed by atoms with E-state index in [4.69, 9.17) is 10.5 Å². The van der Waals surface area contributed by atoms with Gasteiger partial charge in [-0.15, -0.1) is 0 Å². The van der Waals surface area contributed by atoms with Crippen molar-refractivity contribution in [3.63, 3.8) is 0 Å². The van der Waals surface area contributed by atoms with Gasteiger partial charge in [-0.05, 0) is 49.2 Å². The van der Waals surface area contributed by atoms with Gasteiger partial charge in [-0.25, -0.2) is 9.97 Å². The molecule has 0 radical (unpaired) electrons. The fourth-order valence-electron chi connectivity index (χ4n) is 3.48. The number of hydrogen-bond acceptors (Lipinski definition) is 6. The summed E-state index contributed by atoms with van der Waals surface area (Å²) in [6, 6.07) is 18.7. The Balaban J connectivity index is 1.43. The van der Waals surface area contributed by atoms with Gasteiger partial charge in [0.15, 0.2) is 5.78 Å². The lowest BCUT2D eigenvalue weighted by Crippen LogP contribution is -2.39. The molecule has 3 aromatic rings. The maximum atomic E-state index is 13.0. The van der Waals surface area contributed by atoms with Crippen LogP contribution in [0.4, 0.5) is 11.6 Å². The Bertz CT molecular complexity index is 944. The molecule has 1 atom stereocenters. The van der Waals surface area contributed by atoms with E-state index in [9.17, 15) is 4.79 Å². The molecule has 0 unspecified atom stereocenters. The van der Waals surface area contributed by atoms with E-state index in [2.05, 4.69) is 14.9 Å². The zero-order valence-electron chi connectivity index (χ0n) is 15.5. The number of piperidine rings is 1. The molecule has 4 rings (SSSR count). The van der Waals surface area contributed by atoms with Gasteiger partial charge in [-0.3, -0.25) is 4.79 Å². The Labute approximate surface area is 164 Å². The highest BCUT2D eigenvalue weighted by molar-refractivity contribution is 5.98. The third kappa shape index (κ3) is 4.11. The molecule has 1 aromatic heterocycles. The van der Waals surface area contributed by atoms with Crippen molar-refractivity contribution in [3.8, 4) is 11.5 Å². The quantitative estimate of drug-likeness (QED) is 0.681. The van der Waals surface area contributed by atoms with Crippen LogP contribution in [0, 0.1) is 5.92 Å². The van der Waals surface area contributed by atoms with Crippen LogP contribution in [0.25, 0.3) is 0 Å². The largest absolute Gasteiger partial charge is 0.457 e. The summed E-state index contributed by atoms with van der Waals surface area (Å²) in [5, 5.41) is 0. The molecule has 6 nitrogen and oxygen atoms in total. The average molecular weight is 374 g/mol. The lowest BCUT2D eigenvalue weighted by atomic mass is 9.90. The molecule has 2 N–H and O–H groups in total. The van der Waals surface area contributed by atoms with E-state index in [0.717, 1.165) is 31.0 Å². The van der Waals surface area contributed by atoms with Crippen LogP contribution in [0.5, 0.6) is 11.5 Å². The predicted octanol–water partition coefficient (Wildman–Crippen LogP) is 3.95. The van der Waals surface area contributed by atoms with E-state index in [0.29, 0.717) is 23.7 Å². The Morgan fingerprint density at radius 3 is 2.54 bits per heavy atom. The van der Waals surface area contributed by atoms with E-state index in [1.807, 2.05) is 54.6 Å². The topological polar surface area (TPSA) is 81.3 Å². The monoisotopic (exact) mass is 374 g/mol. The smallest absolute Gasteiger partial charge is 0.167 e. The third-order valence-corrected chi connectivity index (χ3v) is 4.91. The first kappa shape index (κ1) is 18.0. The molecule has 28 heavy (non-hydrogen) atoms. The first-order chi connectivity index (χ1) is 13.7. The zero-order chi connectivity index (χ0) is 19.3. The molecule has 1 fully saturated rings. The summed E-state index contributed by atoms with van der Waals surface area (Å²) in [5.74, 6) is 2.78. The molecule has 0 amide bonds. The number of ketones is 1. The lowest BCUT2D eigenvalue weighted by molar-refractivity contribution is 0.0907. The molecule has 1 aliphatic rings. The van der Waals surface area contributed by atoms with Gasteiger partial charge in [0, 0.05) is 30.6 Å². The molecule has 142 valence electrons. The second-order valence-corrected chi connectivity index (χ2v) is 6.89. The van der Waals surface area contributed by atoms with Crippen LogP contribution in [0.15, 0.2) is 67.0 Å². The highest BCUT2D eigenvalue weighted by Gasteiger charge is 2.27. The average Bonchev–Trinajstić information content (AvgIpc) is 2.75. The van der Waals surface area contributed by atoms with Crippen molar-refractivity contribution in [1.82, 2.24) is 9.97 Å². The van der Waals surface area contributed by atoms with E-state index in [1.54, 1.807) is 6.07 Å². The van der Waals surface area contributed by atoms with Gasteiger partial charge in [0.2, 0.25) is 0 Å². The number of carbonyl (C=O) groups is 1. The maximum Gasteiger partial charge on any atom is 0.167 e. The van der Waals surface area contributed by atoms with Gasteiger partial charge in [-0.1, -0.05) is 18.2 Å². The van der Waals surface area contributed by atoms with Crippen LogP contribution in [-0.2, 0) is 0 Å². The summed E-state index contributed by atoms with van der Waals surface area (Å²) in [6.45, 7) is 1.50. The molecule has 6 heteroatoms. The molecule has 0 bridgehead atoms. The van der Waals surface area contributed by atoms with Crippen molar-refractivity contribution in [1.29, 1.82) is 0 Å². The fraction of sp³-hybridized carbons (Fsp3) is 0.227. The Morgan fingerprint density at radius 1 is 1.04 bits per heavy atom. The Kier molecular flexibility index (Phi) is 5.19. The van der Waals surface area contributed by atoms with E-state index in [-0.39, 0.29) is 11.7 Å². The molecular formula is C22H22N4O2. The molecule has 2 heterocycles. The van der Waals surface area contributed by atoms with Gasteiger partial charge in [0.05, 0.1) is 0 Å². The number of carbonyl (C=O) groups excluding carboxylic acids is 1. The molecule has 0 spiro atoms. The van der Waals surface area contributed by atoms with Crippen molar-refractivity contribution in [2.45, 2.75) is 12.8 Å². The Hall–Kier alpha value is -3.41. The fourth-order valence-corrected chi connectivity index (χ4v) is 3.48. The molecule has 0 saturated carbocycles. The van der Waals surface area contributed by atoms with Crippen molar-refractivity contribution in [2.75, 3.05) is 23.7 Å². The SMILES string of the molecule is Nc1cc(N2CCC[C@@H](C(=O)c3ccc(Oc4ccccc4)cc3)C2)ncn1. The standard InChI is InChI=1S/C22H22N4O2/c23-20-13-21(25-15-24-20)26-12-4-5-17(14-26)22(27)16-8-10-19(11-9-16)28-18-6-2-1-3-7-18/h1-3,6-11,13,15,17H,4-5,12,14H2,(H2,23,24,25)/t17-/m1/s1. The number of Topliss-reactive ketones (excluding diaryl/α,β-unsaturated/α-hetero) is 1. The van der Waals surface area contributed by atoms with Gasteiger partial charge in [0.1, 0.15) is 29.5 Å². The van der Waals surface area contributed by atoms with Crippen molar-refractivity contribution < 1.29 is 9.53 Å². The zero-order valence-corrected chi connectivity index (χ0v) is 15.5. The summed E-state index contributed by atoms with van der Waals surface area (Å²) in [5.41, 5.74) is 6.47. The van der Waals surface area contributed by atoms with Crippen LogP contribution in [0.2, 0.25) is 0 Å². The number of para-hydroxylation sites is 1. The second-order valence-electron chi connectivity index (χ2n) is 6.89. The number of nitrogens with two attached hydrogens (primary N) is 1. The normalized spacial score (nSPS) is 16.6. The molecule has 2 aromatic carbocycles. The van der Waals surface area contributed by atoms with E-state index < -0.39 is 0 Å². The van der Waals surface area contributed by atoms with Crippen molar-refractivity contribution >= 4 is 17.4 Å². The number of anilines is 2. The number of ether oxygens (including phenoxy) is 1. The summed E-state index contributed by atoms with van der Waals surface area (Å²) >= 11 is 0. The first-order valence-electron chi connectivity index (χ1n) is 9.39. The highest BCUT2D eigenvalue weighted by Crippen LogP contribution is 2.26. The molecule has 1 saturated heterocycles. The minimum Gasteiger partial charge on any atom is -0.457 e. The first-order valence-corrected chi connectivity index (χ1v) is 9.39. The van der Waals surface area contributed by atoms with Gasteiger partial charge in [0.25, 0.3) is 0 Å². The summed E-state index contributed by atoms with van der Waals surface area (Å²) in [7, 11) is 0. The third-order valence-electron chi connectivity index (χ3n) is 4.91. The number of nitrogens with zero attached hydrogens (tertiary/aromatic N) is 3. The van der Waals surface area contributed by atoms with Crippen LogP contribution < -0.4 is 15.4 Å². The van der Waals surface area contributed by atoms with E-state index >= 15 is 0 Å². The van der Waals surface area contributed by atoms with Crippen LogP contribution in [-0.4, -0.2) is 28.8 Å². The summed E-state index contributed by atoms with van der Waals surface area (Å²) in [6.07, 6.45) is 3.27. The molecule has 0 aliphatic carbocycles. The maximum absolute atomic E-state index is 13.0. The molecule has 1 aliphatic heterocycles. The summed E-state index contributed by atoms with van der Waals surface area (Å²) in [4.78, 5) is 23.3. The Morgan fingerprint density at radius 2 is 1.79 bits per heavy atom. The molecular weight excluding hydrogens is 352 g/mol. The minimum absolute atomic E-state index is 0.0640. The van der Waals surface area contributed by atoms with Crippen LogP contribution in [0.3, 0.4) is 0 Å². The van der Waals surface area contributed by atoms with Crippen LogP contribution >= 0.6 is 0 Å². The minimum atomic E-state index is -0.0640. The number of hydrogen-bond donors (Lipinski definition) is 1.